The van der Waals surface area contributed by atoms with Crippen LogP contribution in [0.4, 0.5) is 11.4 Å². The van der Waals surface area contributed by atoms with Crippen molar-refractivity contribution in [2.24, 2.45) is 0 Å². The van der Waals surface area contributed by atoms with Gasteiger partial charge in [0.25, 0.3) is 5.91 Å². The van der Waals surface area contributed by atoms with Gasteiger partial charge in [-0.15, -0.1) is 0 Å². The number of carbonyl (C=O) groups excluding carboxylic acids is 1. The van der Waals surface area contributed by atoms with E-state index in [-0.39, 0.29) is 5.91 Å². The van der Waals surface area contributed by atoms with E-state index in [9.17, 15) is 4.79 Å². The molecule has 3 N–H and O–H groups in total. The first kappa shape index (κ1) is 15.4. The maximum absolute atomic E-state index is 12.5. The Labute approximate surface area is 130 Å². The van der Waals surface area contributed by atoms with Gasteiger partial charge in [0.1, 0.15) is 0 Å². The zero-order valence-corrected chi connectivity index (χ0v) is 13.2. The summed E-state index contributed by atoms with van der Waals surface area (Å²) < 4.78 is 0. The number of halogens is 1. The normalized spacial score (nSPS) is 10.7. The SMILES string of the molecule is Cc1cccc(C(C)C)c1NC(=O)c1cc(N)ccc1Cl. The van der Waals surface area contributed by atoms with Crippen LogP contribution in [0.25, 0.3) is 0 Å². The molecule has 0 saturated heterocycles. The number of nitrogens with two attached hydrogens (primary N) is 1. The van der Waals surface area contributed by atoms with Crippen LogP contribution in [-0.2, 0) is 0 Å². The minimum absolute atomic E-state index is 0.247. The summed E-state index contributed by atoms with van der Waals surface area (Å²) in [6, 6.07) is 10.9. The maximum atomic E-state index is 12.5. The van der Waals surface area contributed by atoms with Gasteiger partial charge in [0.05, 0.1) is 10.6 Å². The first-order chi connectivity index (χ1) is 9.90. The molecular weight excluding hydrogens is 284 g/mol. The number of nitrogen functional groups attached to an aromatic ring is 1. The number of aryl methyl sites for hydroxylation is 1. The van der Waals surface area contributed by atoms with E-state index in [1.165, 1.54) is 0 Å². The Hall–Kier alpha value is -2.00. The quantitative estimate of drug-likeness (QED) is 0.814. The van der Waals surface area contributed by atoms with Crippen molar-refractivity contribution in [3.05, 3.63) is 58.1 Å². The predicted molar refractivity (Wildman–Crippen MR) is 89.1 cm³/mol. The molecule has 0 saturated carbocycles. The van der Waals surface area contributed by atoms with Crippen molar-refractivity contribution in [3.63, 3.8) is 0 Å². The molecule has 1 amide bonds. The highest BCUT2D eigenvalue weighted by Gasteiger charge is 2.15. The number of para-hydroxylation sites is 1. The predicted octanol–water partition coefficient (Wildman–Crippen LogP) is 4.61. The Morgan fingerprint density at radius 1 is 1.24 bits per heavy atom. The zero-order valence-electron chi connectivity index (χ0n) is 12.4. The first-order valence-electron chi connectivity index (χ1n) is 6.86. The Morgan fingerprint density at radius 3 is 2.62 bits per heavy atom. The van der Waals surface area contributed by atoms with E-state index < -0.39 is 0 Å². The second-order valence-corrected chi connectivity index (χ2v) is 5.79. The fourth-order valence-electron chi connectivity index (χ4n) is 2.24. The van der Waals surface area contributed by atoms with Crippen molar-refractivity contribution in [2.45, 2.75) is 26.7 Å². The third-order valence-electron chi connectivity index (χ3n) is 3.40. The van der Waals surface area contributed by atoms with Crippen LogP contribution in [0.15, 0.2) is 36.4 Å². The molecule has 0 aliphatic carbocycles. The summed E-state index contributed by atoms with van der Waals surface area (Å²) in [7, 11) is 0. The highest BCUT2D eigenvalue weighted by Crippen LogP contribution is 2.29. The molecule has 0 aliphatic heterocycles. The average molecular weight is 303 g/mol. The summed E-state index contributed by atoms with van der Waals surface area (Å²) in [6.07, 6.45) is 0. The van der Waals surface area contributed by atoms with Crippen LogP contribution in [0, 0.1) is 6.92 Å². The van der Waals surface area contributed by atoms with E-state index in [0.29, 0.717) is 22.2 Å². The fourth-order valence-corrected chi connectivity index (χ4v) is 2.44. The second-order valence-electron chi connectivity index (χ2n) is 5.39. The van der Waals surface area contributed by atoms with Crippen molar-refractivity contribution < 1.29 is 4.79 Å². The molecule has 2 rings (SSSR count). The third-order valence-corrected chi connectivity index (χ3v) is 3.73. The monoisotopic (exact) mass is 302 g/mol. The van der Waals surface area contributed by atoms with E-state index in [4.69, 9.17) is 17.3 Å². The summed E-state index contributed by atoms with van der Waals surface area (Å²) >= 11 is 6.08. The number of amides is 1. The number of carbonyl (C=O) groups is 1. The highest BCUT2D eigenvalue weighted by atomic mass is 35.5. The lowest BCUT2D eigenvalue weighted by molar-refractivity contribution is 0.102. The minimum Gasteiger partial charge on any atom is -0.399 e. The smallest absolute Gasteiger partial charge is 0.257 e. The Bertz CT molecular complexity index is 680. The van der Waals surface area contributed by atoms with Crippen molar-refractivity contribution in [2.75, 3.05) is 11.1 Å². The largest absolute Gasteiger partial charge is 0.399 e. The minimum atomic E-state index is -0.247. The van der Waals surface area contributed by atoms with Crippen LogP contribution in [0.5, 0.6) is 0 Å². The van der Waals surface area contributed by atoms with Gasteiger partial charge >= 0.3 is 0 Å². The van der Waals surface area contributed by atoms with Crippen molar-refractivity contribution >= 4 is 28.9 Å². The lowest BCUT2D eigenvalue weighted by atomic mass is 9.98. The van der Waals surface area contributed by atoms with Gasteiger partial charge in [0.15, 0.2) is 0 Å². The molecule has 0 fully saturated rings. The summed E-state index contributed by atoms with van der Waals surface area (Å²) in [5.41, 5.74) is 9.59. The molecule has 0 spiro atoms. The van der Waals surface area contributed by atoms with E-state index in [1.807, 2.05) is 25.1 Å². The summed E-state index contributed by atoms with van der Waals surface area (Å²) in [5, 5.41) is 3.36. The van der Waals surface area contributed by atoms with Crippen LogP contribution in [0.2, 0.25) is 5.02 Å². The second kappa shape index (κ2) is 6.19. The van der Waals surface area contributed by atoms with Gasteiger partial charge in [-0.1, -0.05) is 43.6 Å². The molecule has 2 aromatic rings. The van der Waals surface area contributed by atoms with Crippen molar-refractivity contribution in [1.82, 2.24) is 0 Å². The van der Waals surface area contributed by atoms with Crippen LogP contribution in [0.1, 0.15) is 41.3 Å². The van der Waals surface area contributed by atoms with Gasteiger partial charge in [0.2, 0.25) is 0 Å². The third kappa shape index (κ3) is 3.37. The Morgan fingerprint density at radius 2 is 1.95 bits per heavy atom. The van der Waals surface area contributed by atoms with Gasteiger partial charge < -0.3 is 11.1 Å². The summed E-state index contributed by atoms with van der Waals surface area (Å²) in [6.45, 7) is 6.16. The van der Waals surface area contributed by atoms with Gasteiger partial charge in [0, 0.05) is 11.4 Å². The first-order valence-corrected chi connectivity index (χ1v) is 7.24. The average Bonchev–Trinajstić information content (AvgIpc) is 2.43. The highest BCUT2D eigenvalue weighted by molar-refractivity contribution is 6.34. The van der Waals surface area contributed by atoms with E-state index in [0.717, 1.165) is 16.8 Å². The lowest BCUT2D eigenvalue weighted by Crippen LogP contribution is -2.15. The van der Waals surface area contributed by atoms with Crippen LogP contribution >= 0.6 is 11.6 Å². The molecule has 0 aromatic heterocycles. The molecule has 0 radical (unpaired) electrons. The van der Waals surface area contributed by atoms with Crippen LogP contribution < -0.4 is 11.1 Å². The lowest BCUT2D eigenvalue weighted by Gasteiger charge is -2.17. The van der Waals surface area contributed by atoms with Crippen LogP contribution in [0.3, 0.4) is 0 Å². The molecule has 0 unspecified atom stereocenters. The molecule has 0 aliphatic rings. The number of rotatable bonds is 3. The molecule has 21 heavy (non-hydrogen) atoms. The van der Waals surface area contributed by atoms with Crippen LogP contribution in [-0.4, -0.2) is 5.91 Å². The molecular formula is C17H19ClN2O. The molecule has 0 bridgehead atoms. The number of anilines is 2. The van der Waals surface area contributed by atoms with Crippen molar-refractivity contribution in [1.29, 1.82) is 0 Å². The molecule has 3 nitrogen and oxygen atoms in total. The number of nitrogens with one attached hydrogen (secondary N) is 1. The van der Waals surface area contributed by atoms with E-state index in [2.05, 4.69) is 19.2 Å². The van der Waals surface area contributed by atoms with E-state index >= 15 is 0 Å². The zero-order chi connectivity index (χ0) is 15.6. The fraction of sp³-hybridized carbons (Fsp3) is 0.235. The van der Waals surface area contributed by atoms with Gasteiger partial charge in [-0.3, -0.25) is 4.79 Å². The number of benzene rings is 2. The van der Waals surface area contributed by atoms with Gasteiger partial charge in [-0.2, -0.15) is 0 Å². The molecule has 2 aromatic carbocycles. The molecule has 4 heteroatoms. The Balaban J connectivity index is 2.38. The molecule has 0 heterocycles. The van der Waals surface area contributed by atoms with Gasteiger partial charge in [-0.05, 0) is 42.2 Å². The van der Waals surface area contributed by atoms with Gasteiger partial charge in [-0.25, -0.2) is 0 Å². The number of hydrogen-bond donors (Lipinski definition) is 2. The Kier molecular flexibility index (Phi) is 4.53. The number of hydrogen-bond acceptors (Lipinski definition) is 2. The maximum Gasteiger partial charge on any atom is 0.257 e. The molecule has 0 atom stereocenters. The summed E-state index contributed by atoms with van der Waals surface area (Å²) in [5.74, 6) is 0.0695. The standard InChI is InChI=1S/C17H19ClN2O/c1-10(2)13-6-4-5-11(3)16(13)20-17(21)14-9-12(19)7-8-15(14)18/h4-10H,19H2,1-3H3,(H,20,21). The topological polar surface area (TPSA) is 55.1 Å². The van der Waals surface area contributed by atoms with Crippen molar-refractivity contribution in [3.8, 4) is 0 Å². The molecule has 110 valence electrons. The summed E-state index contributed by atoms with van der Waals surface area (Å²) in [4.78, 5) is 12.5. The van der Waals surface area contributed by atoms with E-state index in [1.54, 1.807) is 18.2 Å².